The highest BCUT2D eigenvalue weighted by molar-refractivity contribution is 6.30. The molecule has 27 heavy (non-hydrogen) atoms. The summed E-state index contributed by atoms with van der Waals surface area (Å²) in [5.74, 6) is 1.16. The van der Waals surface area contributed by atoms with Gasteiger partial charge in [0, 0.05) is 29.9 Å². The summed E-state index contributed by atoms with van der Waals surface area (Å²) in [6, 6.07) is 16.3. The van der Waals surface area contributed by atoms with Crippen molar-refractivity contribution >= 4 is 23.4 Å². The Balaban J connectivity index is 1.51. The van der Waals surface area contributed by atoms with Gasteiger partial charge in [-0.3, -0.25) is 0 Å². The maximum atomic E-state index is 12.9. The van der Waals surface area contributed by atoms with Crippen molar-refractivity contribution in [2.45, 2.75) is 19.8 Å². The molecule has 0 aliphatic heterocycles. The highest BCUT2D eigenvalue weighted by atomic mass is 35.5. The largest absolute Gasteiger partial charge is 0.370 e. The lowest BCUT2D eigenvalue weighted by molar-refractivity contribution is 0.627. The van der Waals surface area contributed by atoms with E-state index in [2.05, 4.69) is 20.6 Å². The van der Waals surface area contributed by atoms with Crippen LogP contribution in [-0.2, 0) is 12.8 Å². The summed E-state index contributed by atoms with van der Waals surface area (Å²) in [7, 11) is 0. The number of nitrogens with zero attached hydrogens (tertiary/aromatic N) is 2. The van der Waals surface area contributed by atoms with E-state index in [1.54, 1.807) is 12.1 Å². The van der Waals surface area contributed by atoms with E-state index in [4.69, 9.17) is 11.6 Å². The number of hydrogen-bond donors (Lipinski definition) is 2. The van der Waals surface area contributed by atoms with Gasteiger partial charge in [0.25, 0.3) is 0 Å². The minimum Gasteiger partial charge on any atom is -0.370 e. The summed E-state index contributed by atoms with van der Waals surface area (Å²) in [6.07, 6.45) is 1.63. The van der Waals surface area contributed by atoms with Crippen molar-refractivity contribution < 1.29 is 4.39 Å². The third kappa shape index (κ3) is 6.22. The molecule has 0 atom stereocenters. The molecule has 0 aliphatic carbocycles. The lowest BCUT2D eigenvalue weighted by Gasteiger charge is -2.10. The maximum Gasteiger partial charge on any atom is 0.224 e. The van der Waals surface area contributed by atoms with Crippen LogP contribution in [0.25, 0.3) is 0 Å². The zero-order valence-electron chi connectivity index (χ0n) is 15.2. The highest BCUT2D eigenvalue weighted by Crippen LogP contribution is 2.13. The van der Waals surface area contributed by atoms with Crippen molar-refractivity contribution in [3.8, 4) is 0 Å². The number of halogens is 2. The zero-order valence-corrected chi connectivity index (χ0v) is 15.9. The molecule has 0 radical (unpaired) electrons. The summed E-state index contributed by atoms with van der Waals surface area (Å²) < 4.78 is 12.9. The van der Waals surface area contributed by atoms with E-state index < -0.39 is 0 Å². The van der Waals surface area contributed by atoms with Gasteiger partial charge in [-0.05, 0) is 55.2 Å². The standard InChI is InChI=1S/C21H22ClFN4/c1-15-13-20(24-11-9-16-5-7-19(23)8-6-16)27-21(26-15)25-12-10-17-3-2-4-18(22)14-17/h2-8,13-14H,9-12H2,1H3,(H2,24,25,26,27). The number of nitrogens with one attached hydrogen (secondary N) is 2. The monoisotopic (exact) mass is 384 g/mol. The maximum absolute atomic E-state index is 12.9. The van der Waals surface area contributed by atoms with Gasteiger partial charge >= 0.3 is 0 Å². The second kappa shape index (κ2) is 9.33. The van der Waals surface area contributed by atoms with Crippen LogP contribution in [-0.4, -0.2) is 23.1 Å². The molecule has 0 aliphatic rings. The Morgan fingerprint density at radius 3 is 2.41 bits per heavy atom. The number of hydrogen-bond acceptors (Lipinski definition) is 4. The molecule has 0 unspecified atom stereocenters. The van der Waals surface area contributed by atoms with E-state index in [0.717, 1.165) is 41.5 Å². The molecule has 4 nitrogen and oxygen atoms in total. The number of aromatic nitrogens is 2. The molecular weight excluding hydrogens is 363 g/mol. The van der Waals surface area contributed by atoms with E-state index in [-0.39, 0.29) is 5.82 Å². The number of anilines is 2. The molecule has 2 N–H and O–H groups in total. The molecule has 0 saturated carbocycles. The minimum absolute atomic E-state index is 0.216. The minimum atomic E-state index is -0.216. The van der Waals surface area contributed by atoms with Crippen molar-refractivity contribution in [1.29, 1.82) is 0 Å². The second-order valence-corrected chi connectivity index (χ2v) is 6.76. The average Bonchev–Trinajstić information content (AvgIpc) is 2.63. The summed E-state index contributed by atoms with van der Waals surface area (Å²) in [5.41, 5.74) is 3.13. The predicted octanol–water partition coefficient (Wildman–Crippen LogP) is 4.89. The van der Waals surface area contributed by atoms with Gasteiger partial charge in [0.05, 0.1) is 0 Å². The first-order valence-corrected chi connectivity index (χ1v) is 9.28. The van der Waals surface area contributed by atoms with Crippen molar-refractivity contribution in [1.82, 2.24) is 9.97 Å². The van der Waals surface area contributed by atoms with E-state index in [1.165, 1.54) is 17.7 Å². The number of benzene rings is 2. The number of aryl methyl sites for hydroxylation is 1. The molecule has 2 aromatic carbocycles. The molecule has 0 fully saturated rings. The molecular formula is C21H22ClFN4. The molecule has 0 saturated heterocycles. The van der Waals surface area contributed by atoms with Crippen LogP contribution in [0.3, 0.4) is 0 Å². The van der Waals surface area contributed by atoms with Gasteiger partial charge < -0.3 is 10.6 Å². The van der Waals surface area contributed by atoms with Crippen LogP contribution in [0.1, 0.15) is 16.8 Å². The summed E-state index contributed by atoms with van der Waals surface area (Å²) >= 11 is 6.01. The first-order valence-electron chi connectivity index (χ1n) is 8.91. The number of rotatable bonds is 8. The summed E-state index contributed by atoms with van der Waals surface area (Å²) in [6.45, 7) is 3.37. The van der Waals surface area contributed by atoms with Crippen molar-refractivity contribution in [2.75, 3.05) is 23.7 Å². The normalized spacial score (nSPS) is 10.6. The lowest BCUT2D eigenvalue weighted by atomic mass is 10.1. The first-order chi connectivity index (χ1) is 13.1. The molecule has 3 rings (SSSR count). The predicted molar refractivity (Wildman–Crippen MR) is 109 cm³/mol. The van der Waals surface area contributed by atoms with Crippen LogP contribution < -0.4 is 10.6 Å². The van der Waals surface area contributed by atoms with Gasteiger partial charge in [0.2, 0.25) is 5.95 Å². The lowest BCUT2D eigenvalue weighted by Crippen LogP contribution is -2.12. The molecule has 0 spiro atoms. The molecule has 1 heterocycles. The Bertz CT molecular complexity index is 884. The molecule has 6 heteroatoms. The summed E-state index contributed by atoms with van der Waals surface area (Å²) in [5, 5.41) is 7.31. The van der Waals surface area contributed by atoms with Crippen molar-refractivity contribution in [3.05, 3.63) is 82.3 Å². The van der Waals surface area contributed by atoms with Gasteiger partial charge in [-0.1, -0.05) is 35.9 Å². The SMILES string of the molecule is Cc1cc(NCCc2ccc(F)cc2)nc(NCCc2cccc(Cl)c2)n1. The molecule has 3 aromatic rings. The topological polar surface area (TPSA) is 49.8 Å². The van der Waals surface area contributed by atoms with Gasteiger partial charge in [-0.25, -0.2) is 9.37 Å². The van der Waals surface area contributed by atoms with Crippen LogP contribution in [0, 0.1) is 12.7 Å². The van der Waals surface area contributed by atoms with Gasteiger partial charge in [0.15, 0.2) is 0 Å². The van der Waals surface area contributed by atoms with Crippen LogP contribution in [0.5, 0.6) is 0 Å². The Labute approximate surface area is 163 Å². The van der Waals surface area contributed by atoms with Crippen LogP contribution in [0.4, 0.5) is 16.2 Å². The first kappa shape index (κ1) is 19.1. The van der Waals surface area contributed by atoms with Gasteiger partial charge in [0.1, 0.15) is 11.6 Å². The average molecular weight is 385 g/mol. The fraction of sp³-hybridized carbons (Fsp3) is 0.238. The fourth-order valence-corrected chi connectivity index (χ4v) is 2.95. The smallest absolute Gasteiger partial charge is 0.224 e. The molecule has 0 amide bonds. The van der Waals surface area contributed by atoms with Crippen LogP contribution >= 0.6 is 11.6 Å². The quantitative estimate of drug-likeness (QED) is 0.580. The molecule has 140 valence electrons. The van der Waals surface area contributed by atoms with Crippen molar-refractivity contribution in [3.63, 3.8) is 0 Å². The summed E-state index contributed by atoms with van der Waals surface area (Å²) in [4.78, 5) is 8.94. The second-order valence-electron chi connectivity index (χ2n) is 6.33. The third-order valence-corrected chi connectivity index (χ3v) is 4.31. The third-order valence-electron chi connectivity index (χ3n) is 4.07. The Kier molecular flexibility index (Phi) is 6.60. The Hall–Kier alpha value is -2.66. The fourth-order valence-electron chi connectivity index (χ4n) is 2.74. The van der Waals surface area contributed by atoms with E-state index >= 15 is 0 Å². The van der Waals surface area contributed by atoms with Crippen molar-refractivity contribution in [2.24, 2.45) is 0 Å². The van der Waals surface area contributed by atoms with Crippen LogP contribution in [0.15, 0.2) is 54.6 Å². The van der Waals surface area contributed by atoms with E-state index in [9.17, 15) is 4.39 Å². The Morgan fingerprint density at radius 1 is 0.889 bits per heavy atom. The van der Waals surface area contributed by atoms with E-state index in [0.29, 0.717) is 12.5 Å². The molecule has 0 bridgehead atoms. The zero-order chi connectivity index (χ0) is 19.1. The van der Waals surface area contributed by atoms with Gasteiger partial charge in [-0.15, -0.1) is 0 Å². The molecule has 1 aromatic heterocycles. The highest BCUT2D eigenvalue weighted by Gasteiger charge is 2.03. The Morgan fingerprint density at radius 2 is 1.63 bits per heavy atom. The van der Waals surface area contributed by atoms with Crippen LogP contribution in [0.2, 0.25) is 5.02 Å². The van der Waals surface area contributed by atoms with Gasteiger partial charge in [-0.2, -0.15) is 4.98 Å². The van der Waals surface area contributed by atoms with E-state index in [1.807, 2.05) is 37.3 Å².